The number of rotatable bonds is 4. The molecule has 1 heterocycles. The van der Waals surface area contributed by atoms with Crippen LogP contribution in [0.2, 0.25) is 0 Å². The van der Waals surface area contributed by atoms with Crippen LogP contribution in [0.15, 0.2) is 188 Å². The van der Waals surface area contributed by atoms with Crippen molar-refractivity contribution in [3.05, 3.63) is 210 Å². The lowest BCUT2D eigenvalue weighted by Crippen LogP contribution is -2.26. The van der Waals surface area contributed by atoms with Crippen molar-refractivity contribution in [3.63, 3.8) is 0 Å². The predicted molar refractivity (Wildman–Crippen MR) is 216 cm³/mol. The number of nitrogens with zero attached hydrogens (tertiary/aromatic N) is 1. The van der Waals surface area contributed by atoms with Crippen LogP contribution < -0.4 is 4.90 Å². The lowest BCUT2D eigenvalue weighted by molar-refractivity contribution is 0.794. The Morgan fingerprint density at radius 3 is 1.65 bits per heavy atom. The van der Waals surface area contributed by atoms with Gasteiger partial charge in [-0.25, -0.2) is 0 Å². The first kappa shape index (κ1) is 28.6. The van der Waals surface area contributed by atoms with Crippen LogP contribution in [0.3, 0.4) is 0 Å². The number of fused-ring (bicyclic) bond motifs is 13. The Hall–Kier alpha value is -6.22. The fourth-order valence-corrected chi connectivity index (χ4v) is 10.3. The zero-order chi connectivity index (χ0) is 33.5. The van der Waals surface area contributed by atoms with Crippen LogP contribution in [0, 0.1) is 0 Å². The molecule has 0 saturated heterocycles. The minimum atomic E-state index is -0.401. The highest BCUT2D eigenvalue weighted by Gasteiger charge is 2.52. The molecule has 0 fully saturated rings. The van der Waals surface area contributed by atoms with Gasteiger partial charge in [0.15, 0.2) is 0 Å². The third kappa shape index (κ3) is 3.91. The van der Waals surface area contributed by atoms with Crippen LogP contribution in [-0.4, -0.2) is 0 Å². The van der Waals surface area contributed by atoms with Gasteiger partial charge in [0.25, 0.3) is 0 Å². The van der Waals surface area contributed by atoms with E-state index in [0.29, 0.717) is 0 Å². The van der Waals surface area contributed by atoms with E-state index in [9.17, 15) is 0 Å². The molecule has 0 amide bonds. The smallest absolute Gasteiger partial charge is 0.0726 e. The van der Waals surface area contributed by atoms with E-state index < -0.39 is 5.41 Å². The van der Waals surface area contributed by atoms with Crippen molar-refractivity contribution in [2.45, 2.75) is 5.41 Å². The Kier molecular flexibility index (Phi) is 6.11. The molecule has 51 heavy (non-hydrogen) atoms. The first-order valence-corrected chi connectivity index (χ1v) is 18.4. The van der Waals surface area contributed by atoms with Crippen molar-refractivity contribution in [2.24, 2.45) is 0 Å². The zero-order valence-electron chi connectivity index (χ0n) is 27.8. The molecule has 1 nitrogen and oxygen atoms in total. The fraction of sp³-hybridized carbons (Fsp3) is 0.0204. The second-order valence-electron chi connectivity index (χ2n) is 13.6. The van der Waals surface area contributed by atoms with Gasteiger partial charge in [-0.05, 0) is 80.4 Å². The lowest BCUT2D eigenvalue weighted by atomic mass is 9.70. The monoisotopic (exact) mass is 665 g/mol. The predicted octanol–water partition coefficient (Wildman–Crippen LogP) is 13.5. The molecule has 11 rings (SSSR count). The van der Waals surface area contributed by atoms with Crippen LogP contribution >= 0.6 is 11.3 Å². The largest absolute Gasteiger partial charge is 0.308 e. The average molecular weight is 666 g/mol. The van der Waals surface area contributed by atoms with Crippen LogP contribution in [-0.2, 0) is 5.41 Å². The van der Waals surface area contributed by atoms with E-state index >= 15 is 0 Å². The number of benzene rings is 8. The quantitative estimate of drug-likeness (QED) is 0.181. The summed E-state index contributed by atoms with van der Waals surface area (Å²) in [6.07, 6.45) is 0. The highest BCUT2D eigenvalue weighted by molar-refractivity contribution is 7.26. The van der Waals surface area contributed by atoms with E-state index in [2.05, 4.69) is 193 Å². The van der Waals surface area contributed by atoms with Gasteiger partial charge in [-0.15, -0.1) is 11.3 Å². The standard InChI is InChI=1S/C49H31NS/c1-2-14-32(15-3-1)33-28-30-34(31-29-33)50(45-26-12-20-38-37-18-7-11-27-46(37)51-48(38)45)44-25-13-24-43-47(44)39-19-6-10-23-42(39)49(43)40-21-8-4-16-35(40)36-17-5-9-22-41(36)49/h1-31H. The van der Waals surface area contributed by atoms with E-state index in [1.807, 2.05) is 11.3 Å². The molecule has 2 aliphatic rings. The van der Waals surface area contributed by atoms with Crippen LogP contribution in [0.1, 0.15) is 22.3 Å². The Bertz CT molecular complexity index is 2760. The van der Waals surface area contributed by atoms with Crippen molar-refractivity contribution in [1.29, 1.82) is 0 Å². The molecule has 1 aromatic heterocycles. The summed E-state index contributed by atoms with van der Waals surface area (Å²) < 4.78 is 2.60. The van der Waals surface area contributed by atoms with E-state index in [0.717, 1.165) is 5.69 Å². The molecular weight excluding hydrogens is 635 g/mol. The Morgan fingerprint density at radius 2 is 0.902 bits per heavy atom. The molecule has 0 N–H and O–H groups in total. The topological polar surface area (TPSA) is 3.24 Å². The SMILES string of the molecule is c1ccc(-c2ccc(N(c3cccc4c3-c3ccccc3C43c4ccccc4-c4ccccc43)c3cccc4c3sc3ccccc34)cc2)cc1. The normalized spacial score (nSPS) is 13.3. The molecule has 0 atom stereocenters. The first-order chi connectivity index (χ1) is 25.3. The first-order valence-electron chi connectivity index (χ1n) is 17.6. The average Bonchev–Trinajstić information content (AvgIpc) is 3.84. The molecule has 238 valence electrons. The van der Waals surface area contributed by atoms with Crippen molar-refractivity contribution in [1.82, 2.24) is 0 Å². The third-order valence-corrected chi connectivity index (χ3v) is 12.3. The van der Waals surface area contributed by atoms with Crippen LogP contribution in [0.25, 0.3) is 53.6 Å². The summed E-state index contributed by atoms with van der Waals surface area (Å²) in [6.45, 7) is 0. The third-order valence-electron chi connectivity index (χ3n) is 11.1. The Balaban J connectivity index is 1.22. The minimum absolute atomic E-state index is 0.401. The maximum atomic E-state index is 2.52. The van der Waals surface area contributed by atoms with Crippen LogP contribution in [0.4, 0.5) is 17.1 Å². The number of thiophene rings is 1. The molecule has 0 radical (unpaired) electrons. The van der Waals surface area contributed by atoms with Gasteiger partial charge in [0, 0.05) is 26.7 Å². The molecule has 2 aliphatic carbocycles. The van der Waals surface area contributed by atoms with Gasteiger partial charge in [-0.1, -0.05) is 158 Å². The summed E-state index contributed by atoms with van der Waals surface area (Å²) in [5.41, 5.74) is 16.2. The molecule has 0 bridgehead atoms. The summed E-state index contributed by atoms with van der Waals surface area (Å²) >= 11 is 1.88. The van der Waals surface area contributed by atoms with Gasteiger partial charge in [0.1, 0.15) is 0 Å². The molecule has 2 heteroatoms. The van der Waals surface area contributed by atoms with E-state index in [4.69, 9.17) is 0 Å². The van der Waals surface area contributed by atoms with Gasteiger partial charge in [-0.3, -0.25) is 0 Å². The van der Waals surface area contributed by atoms with Crippen molar-refractivity contribution < 1.29 is 0 Å². The van der Waals surface area contributed by atoms with Crippen molar-refractivity contribution >= 4 is 48.6 Å². The minimum Gasteiger partial charge on any atom is -0.308 e. The van der Waals surface area contributed by atoms with E-state index in [-0.39, 0.29) is 0 Å². The number of anilines is 3. The second kappa shape index (κ2) is 10.9. The van der Waals surface area contributed by atoms with Gasteiger partial charge in [0.05, 0.1) is 21.5 Å². The summed E-state index contributed by atoms with van der Waals surface area (Å²) in [7, 11) is 0. The Morgan fingerprint density at radius 1 is 0.373 bits per heavy atom. The second-order valence-corrected chi connectivity index (χ2v) is 14.6. The maximum absolute atomic E-state index is 2.52. The van der Waals surface area contributed by atoms with E-state index in [1.165, 1.54) is 87.2 Å². The molecule has 0 saturated carbocycles. The zero-order valence-corrected chi connectivity index (χ0v) is 28.6. The van der Waals surface area contributed by atoms with E-state index in [1.54, 1.807) is 0 Å². The fourth-order valence-electron chi connectivity index (χ4n) is 9.06. The summed E-state index contributed by atoms with van der Waals surface area (Å²) in [5, 5.41) is 2.60. The summed E-state index contributed by atoms with van der Waals surface area (Å²) in [4.78, 5) is 2.52. The van der Waals surface area contributed by atoms with Crippen LogP contribution in [0.5, 0.6) is 0 Å². The van der Waals surface area contributed by atoms with Crippen molar-refractivity contribution in [3.8, 4) is 33.4 Å². The molecule has 0 unspecified atom stereocenters. The highest BCUT2D eigenvalue weighted by Crippen LogP contribution is 2.64. The maximum Gasteiger partial charge on any atom is 0.0726 e. The summed E-state index contributed by atoms with van der Waals surface area (Å²) in [5.74, 6) is 0. The molecule has 1 spiro atoms. The number of hydrogen-bond acceptors (Lipinski definition) is 2. The Labute approximate surface area is 301 Å². The van der Waals surface area contributed by atoms with Gasteiger partial charge in [-0.2, -0.15) is 0 Å². The molecular formula is C49H31NS. The van der Waals surface area contributed by atoms with Gasteiger partial charge < -0.3 is 4.90 Å². The van der Waals surface area contributed by atoms with Crippen molar-refractivity contribution in [2.75, 3.05) is 4.90 Å². The number of hydrogen-bond donors (Lipinski definition) is 0. The van der Waals surface area contributed by atoms with Gasteiger partial charge in [0.2, 0.25) is 0 Å². The molecule has 0 aliphatic heterocycles. The molecule has 8 aromatic carbocycles. The lowest BCUT2D eigenvalue weighted by Gasteiger charge is -2.32. The summed E-state index contributed by atoms with van der Waals surface area (Å²) in [6, 6.07) is 69.6. The molecule has 9 aromatic rings. The highest BCUT2D eigenvalue weighted by atomic mass is 32.1. The van der Waals surface area contributed by atoms with Gasteiger partial charge >= 0.3 is 0 Å².